The van der Waals surface area contributed by atoms with Crippen molar-refractivity contribution in [3.8, 4) is 11.4 Å². The highest BCUT2D eigenvalue weighted by molar-refractivity contribution is 7.71. The number of ether oxygens (including phenoxy) is 1. The van der Waals surface area contributed by atoms with Crippen LogP contribution in [0.1, 0.15) is 17.5 Å². The molecule has 0 spiro atoms. The van der Waals surface area contributed by atoms with Gasteiger partial charge in [0.25, 0.3) is 0 Å². The second-order valence-corrected chi connectivity index (χ2v) is 8.92. The van der Waals surface area contributed by atoms with Crippen LogP contribution in [0.4, 0.5) is 17.1 Å². The zero-order valence-corrected chi connectivity index (χ0v) is 20.6. The van der Waals surface area contributed by atoms with Gasteiger partial charge in [0, 0.05) is 41.7 Å². The number of carboxylic acid groups (broad SMARTS) is 1. The monoisotopic (exact) mass is 504 g/mol. The van der Waals surface area contributed by atoms with Gasteiger partial charge in [-0.25, -0.2) is 4.79 Å². The minimum atomic E-state index is -1.13. The summed E-state index contributed by atoms with van der Waals surface area (Å²) in [6.07, 6.45) is -1.13. The molecule has 2 unspecified atom stereocenters. The molecule has 1 aliphatic heterocycles. The van der Waals surface area contributed by atoms with Crippen LogP contribution in [0.2, 0.25) is 0 Å². The van der Waals surface area contributed by atoms with Gasteiger partial charge in [-0.05, 0) is 42.5 Å². The summed E-state index contributed by atoms with van der Waals surface area (Å²) in [4.78, 5) is 13.6. The molecule has 1 aliphatic rings. The predicted octanol–water partition coefficient (Wildman–Crippen LogP) is 3.75. The van der Waals surface area contributed by atoms with Gasteiger partial charge >= 0.3 is 10.7 Å². The number of aliphatic hydroxyl groups is 1. The molecule has 36 heavy (non-hydrogen) atoms. The summed E-state index contributed by atoms with van der Waals surface area (Å²) in [5.74, 6) is 0.436. The Morgan fingerprint density at radius 3 is 2.67 bits per heavy atom. The number of carbonyl (C=O) groups is 1. The number of hydrogen-bond donors (Lipinski definition) is 4. The first-order chi connectivity index (χ1) is 17.3. The van der Waals surface area contributed by atoms with Crippen LogP contribution in [0.15, 0.2) is 72.8 Å². The number of benzene rings is 3. The second kappa shape index (κ2) is 9.48. The number of H-pyrrole nitrogens is 1. The molecule has 9 nitrogen and oxygen atoms in total. The van der Waals surface area contributed by atoms with Gasteiger partial charge < -0.3 is 25.2 Å². The highest BCUT2D eigenvalue weighted by Gasteiger charge is 2.42. The summed E-state index contributed by atoms with van der Waals surface area (Å²) in [5, 5.41) is 26.8. The van der Waals surface area contributed by atoms with Gasteiger partial charge in [-0.1, -0.05) is 30.3 Å². The molecule has 4 N–H and O–H groups in total. The zero-order chi connectivity index (χ0) is 25.4. The molecule has 0 radical (unpaired) electrons. The third-order valence-corrected chi connectivity index (χ3v) is 6.61. The fraction of sp³-hybridized carbons (Fsp3) is 0.192. The number of aliphatic hydroxyl groups excluding tert-OH is 1. The Labute approximate surface area is 212 Å². The Hall–Kier alpha value is -4.15. The van der Waals surface area contributed by atoms with Crippen LogP contribution in [-0.4, -0.2) is 38.7 Å². The molecule has 0 saturated carbocycles. The fourth-order valence-electron chi connectivity index (χ4n) is 4.52. The number of aromatic amines is 1. The van der Waals surface area contributed by atoms with Crippen molar-refractivity contribution in [2.24, 2.45) is 7.05 Å². The second-order valence-electron chi connectivity index (χ2n) is 8.53. The Balaban J connectivity index is 1.33. The number of fused-ring (bicyclic) bond motifs is 1. The first-order valence-electron chi connectivity index (χ1n) is 11.4. The normalized spacial score (nSPS) is 16.6. The van der Waals surface area contributed by atoms with E-state index in [4.69, 9.17) is 17.0 Å². The zero-order valence-electron chi connectivity index (χ0n) is 19.8. The average molecular weight is 505 g/mol. The average Bonchev–Trinajstić information content (AvgIpc) is 3.31. The molecule has 0 aliphatic carbocycles. The number of rotatable bonds is 7. The number of nitrogens with one attached hydrogen (secondary N) is 2. The number of nitrogens with zero attached hydrogens (tertiary/aromatic N) is 3. The van der Waals surface area contributed by atoms with E-state index in [1.54, 1.807) is 41.3 Å². The summed E-state index contributed by atoms with van der Waals surface area (Å²) >= 11 is 5.44. The third-order valence-electron chi connectivity index (χ3n) is 6.34. The lowest BCUT2D eigenvalue weighted by Gasteiger charge is -2.26. The van der Waals surface area contributed by atoms with E-state index < -0.39 is 18.1 Å². The smallest absolute Gasteiger partial charge is 0.329 e. The van der Waals surface area contributed by atoms with Crippen molar-refractivity contribution < 1.29 is 24.3 Å². The first kappa shape index (κ1) is 23.6. The topological polar surface area (TPSA) is 107 Å². The Morgan fingerprint density at radius 2 is 1.92 bits per heavy atom. The van der Waals surface area contributed by atoms with Gasteiger partial charge in [-0.15, -0.1) is 5.10 Å². The van der Waals surface area contributed by atoms with E-state index in [9.17, 15) is 15.0 Å². The van der Waals surface area contributed by atoms with E-state index in [2.05, 4.69) is 10.4 Å². The maximum atomic E-state index is 12.0. The molecule has 0 fully saturated rings. The molecule has 5 rings (SSSR count). The molecule has 3 aromatic carbocycles. The van der Waals surface area contributed by atoms with Crippen LogP contribution in [0.3, 0.4) is 0 Å². The Morgan fingerprint density at radius 1 is 1.14 bits per heavy atom. The largest absolute Gasteiger partial charge is 0.480 e. The third kappa shape index (κ3) is 4.21. The van der Waals surface area contributed by atoms with Crippen LogP contribution in [-0.2, 0) is 11.8 Å². The first-order valence-corrected chi connectivity index (χ1v) is 11.8. The van der Waals surface area contributed by atoms with E-state index in [-0.39, 0.29) is 6.73 Å². The summed E-state index contributed by atoms with van der Waals surface area (Å²) in [6.45, 7) is 2.18. The van der Waals surface area contributed by atoms with Crippen molar-refractivity contribution >= 4 is 35.2 Å². The highest BCUT2D eigenvalue weighted by Crippen LogP contribution is 2.44. The lowest BCUT2D eigenvalue weighted by atomic mass is 10.1. The van der Waals surface area contributed by atoms with E-state index in [0.29, 0.717) is 27.5 Å². The Bertz CT molecular complexity index is 1500. The van der Waals surface area contributed by atoms with Crippen molar-refractivity contribution in [2.45, 2.75) is 19.1 Å². The van der Waals surface area contributed by atoms with Crippen molar-refractivity contribution in [2.75, 3.05) is 16.9 Å². The van der Waals surface area contributed by atoms with Gasteiger partial charge in [0.2, 0.25) is 5.82 Å². The van der Waals surface area contributed by atoms with Crippen molar-refractivity contribution in [3.63, 3.8) is 0 Å². The number of aliphatic carboxylic acids is 1. The van der Waals surface area contributed by atoms with Gasteiger partial charge in [-0.3, -0.25) is 0 Å². The molecule has 10 heteroatoms. The predicted molar refractivity (Wildman–Crippen MR) is 137 cm³/mol. The lowest BCUT2D eigenvalue weighted by Crippen LogP contribution is -2.37. The standard InChI is InChI=1S/C26H25N5O4S/c1-16-29(2)28-26(36)30(16)18-8-5-7-17(13-18)27-15-35-20-10-6-9-19(14-20)31-22-12-4-3-11-21(22)24(32)23(31)25(33)34/h3-14,23-24,27,32H,15H2,1-2H3,(H-,28,33,34,36)/p+1. The maximum Gasteiger partial charge on any atom is 0.329 e. The molecular formula is C26H26N5O4S+. The molecule has 0 saturated heterocycles. The van der Waals surface area contributed by atoms with Crippen molar-refractivity contribution in [3.05, 3.63) is 89.0 Å². The lowest BCUT2D eigenvalue weighted by molar-refractivity contribution is -0.610. The van der Waals surface area contributed by atoms with Gasteiger partial charge in [0.15, 0.2) is 12.8 Å². The molecule has 4 aromatic rings. The molecule has 2 atom stereocenters. The van der Waals surface area contributed by atoms with Gasteiger partial charge in [0.05, 0.1) is 7.05 Å². The molecule has 0 amide bonds. The number of aryl methyl sites for hydroxylation is 1. The fourth-order valence-corrected chi connectivity index (χ4v) is 4.89. The van der Waals surface area contributed by atoms with Crippen LogP contribution in [0.25, 0.3) is 5.69 Å². The number of para-hydroxylation sites is 1. The number of carboxylic acids is 1. The summed E-state index contributed by atoms with van der Waals surface area (Å²) < 4.78 is 10.4. The summed E-state index contributed by atoms with van der Waals surface area (Å²) in [6, 6.07) is 21.1. The number of hydrogen-bond acceptors (Lipinski definition) is 6. The summed E-state index contributed by atoms with van der Waals surface area (Å²) in [5.41, 5.74) is 3.65. The Kier molecular flexibility index (Phi) is 6.21. The van der Waals surface area contributed by atoms with Gasteiger partial charge in [0.1, 0.15) is 17.5 Å². The van der Waals surface area contributed by atoms with E-state index in [1.807, 2.05) is 59.6 Å². The van der Waals surface area contributed by atoms with Crippen molar-refractivity contribution in [1.82, 2.24) is 9.78 Å². The molecule has 1 aromatic heterocycles. The van der Waals surface area contributed by atoms with Gasteiger partial charge in [-0.2, -0.15) is 9.25 Å². The quantitative estimate of drug-likeness (QED) is 0.173. The number of aromatic nitrogens is 3. The van der Waals surface area contributed by atoms with Crippen molar-refractivity contribution in [1.29, 1.82) is 0 Å². The molecule has 184 valence electrons. The molecule has 2 heterocycles. The molecule has 0 bridgehead atoms. The van der Waals surface area contributed by atoms with Crippen LogP contribution in [0.5, 0.6) is 5.75 Å². The van der Waals surface area contributed by atoms with Crippen LogP contribution >= 0.6 is 12.2 Å². The van der Waals surface area contributed by atoms with E-state index >= 15 is 0 Å². The highest BCUT2D eigenvalue weighted by atomic mass is 32.1. The summed E-state index contributed by atoms with van der Waals surface area (Å²) in [7, 11) is 1.91. The minimum Gasteiger partial charge on any atom is -0.480 e. The maximum absolute atomic E-state index is 12.0. The van der Waals surface area contributed by atoms with Crippen LogP contribution < -0.4 is 19.5 Å². The van der Waals surface area contributed by atoms with Crippen LogP contribution in [0, 0.1) is 11.7 Å². The minimum absolute atomic E-state index is 0.194. The van der Waals surface area contributed by atoms with E-state index in [1.165, 1.54) is 0 Å². The molecular weight excluding hydrogens is 478 g/mol. The SMILES string of the molecule is Cc1n(C)[nH]c(=S)[n+]1-c1cccc(NCOc2cccc(N3c4ccccc4C(O)C3C(=O)O)c2)c1. The van der Waals surface area contributed by atoms with E-state index in [0.717, 1.165) is 17.2 Å². The number of anilines is 3.